The summed E-state index contributed by atoms with van der Waals surface area (Å²) in [4.78, 5) is 5.01. The summed E-state index contributed by atoms with van der Waals surface area (Å²) in [5.74, 6) is 1.35. The Morgan fingerprint density at radius 1 is 1.08 bits per heavy atom. The molecule has 0 saturated carbocycles. The second-order valence-corrected chi connectivity index (χ2v) is 7.82. The summed E-state index contributed by atoms with van der Waals surface area (Å²) in [6.07, 6.45) is 4.65. The Kier molecular flexibility index (Phi) is 6.25. The zero-order chi connectivity index (χ0) is 16.9. The van der Waals surface area contributed by atoms with Crippen molar-refractivity contribution in [3.63, 3.8) is 0 Å². The predicted molar refractivity (Wildman–Crippen MR) is 95.4 cm³/mol. The molecule has 0 aliphatic carbocycles. The third-order valence-electron chi connectivity index (χ3n) is 5.68. The van der Waals surface area contributed by atoms with Gasteiger partial charge in [-0.3, -0.25) is 0 Å². The van der Waals surface area contributed by atoms with Gasteiger partial charge in [0.2, 0.25) is 0 Å². The number of aliphatic hydroxyl groups is 1. The highest BCUT2D eigenvalue weighted by molar-refractivity contribution is 5.18. The van der Waals surface area contributed by atoms with E-state index in [1.54, 1.807) is 12.1 Å². The van der Waals surface area contributed by atoms with Crippen LogP contribution in [-0.2, 0) is 0 Å². The number of piperidine rings is 2. The van der Waals surface area contributed by atoms with Crippen molar-refractivity contribution in [1.29, 1.82) is 0 Å². The molecule has 2 atom stereocenters. The molecule has 2 saturated heterocycles. The molecule has 4 heteroatoms. The number of nitrogens with zero attached hydrogens (tertiary/aromatic N) is 2. The average Bonchev–Trinajstić information content (AvgIpc) is 2.58. The van der Waals surface area contributed by atoms with Gasteiger partial charge in [-0.25, -0.2) is 4.39 Å². The van der Waals surface area contributed by atoms with Crippen LogP contribution in [0.5, 0.6) is 0 Å². The number of β-amino-alcohol motifs (C(OH)–C–C–N with tert-alkyl or cyclic N) is 1. The standard InChI is InChI=1S/C20H31FN2O/c1-16-8-11-22(12-9-16)13-17-3-2-10-23(14-17)15-20(24)18-4-6-19(21)7-5-18/h4-7,16-17,20,24H,2-3,8-15H2,1H3. The Morgan fingerprint density at radius 3 is 2.50 bits per heavy atom. The van der Waals surface area contributed by atoms with E-state index in [9.17, 15) is 9.50 Å². The molecule has 2 fully saturated rings. The molecule has 1 aromatic rings. The van der Waals surface area contributed by atoms with Gasteiger partial charge >= 0.3 is 0 Å². The Balaban J connectivity index is 1.47. The number of hydrogen-bond acceptors (Lipinski definition) is 3. The molecule has 24 heavy (non-hydrogen) atoms. The number of benzene rings is 1. The van der Waals surface area contributed by atoms with E-state index in [2.05, 4.69) is 16.7 Å². The van der Waals surface area contributed by atoms with Crippen LogP contribution in [-0.4, -0.2) is 54.2 Å². The normalized spacial score (nSPS) is 25.7. The van der Waals surface area contributed by atoms with Gasteiger partial charge in [-0.1, -0.05) is 19.1 Å². The van der Waals surface area contributed by atoms with Crippen molar-refractivity contribution in [2.75, 3.05) is 39.3 Å². The highest BCUT2D eigenvalue weighted by Crippen LogP contribution is 2.23. The molecule has 0 amide bonds. The third-order valence-corrected chi connectivity index (χ3v) is 5.68. The minimum absolute atomic E-state index is 0.250. The van der Waals surface area contributed by atoms with Crippen molar-refractivity contribution >= 4 is 0 Å². The SMILES string of the molecule is CC1CCN(CC2CCCN(CC(O)c3ccc(F)cc3)C2)CC1. The van der Waals surface area contributed by atoms with E-state index in [0.29, 0.717) is 12.5 Å². The molecule has 2 aliphatic heterocycles. The van der Waals surface area contributed by atoms with E-state index in [1.165, 1.54) is 57.5 Å². The Bertz CT molecular complexity index is 499. The molecule has 1 N–H and O–H groups in total. The fourth-order valence-electron chi connectivity index (χ4n) is 4.11. The number of hydrogen-bond donors (Lipinski definition) is 1. The molecule has 0 aromatic heterocycles. The number of halogens is 1. The summed E-state index contributed by atoms with van der Waals surface area (Å²) in [5.41, 5.74) is 0.809. The van der Waals surface area contributed by atoms with E-state index < -0.39 is 6.10 Å². The summed E-state index contributed by atoms with van der Waals surface area (Å²) in [6, 6.07) is 6.23. The first-order chi connectivity index (χ1) is 11.6. The van der Waals surface area contributed by atoms with Crippen LogP contribution >= 0.6 is 0 Å². The van der Waals surface area contributed by atoms with Crippen molar-refractivity contribution in [2.24, 2.45) is 11.8 Å². The maximum absolute atomic E-state index is 13.0. The molecule has 1 aromatic carbocycles. The Labute approximate surface area is 145 Å². The minimum Gasteiger partial charge on any atom is -0.387 e. The van der Waals surface area contributed by atoms with Gasteiger partial charge in [0, 0.05) is 19.6 Å². The lowest BCUT2D eigenvalue weighted by Gasteiger charge is -2.38. The zero-order valence-corrected chi connectivity index (χ0v) is 14.8. The molecule has 134 valence electrons. The van der Waals surface area contributed by atoms with Gasteiger partial charge in [0.05, 0.1) is 6.10 Å². The summed E-state index contributed by atoms with van der Waals surface area (Å²) < 4.78 is 13.0. The molecule has 3 rings (SSSR count). The van der Waals surface area contributed by atoms with Crippen LogP contribution in [0.4, 0.5) is 4.39 Å². The van der Waals surface area contributed by atoms with Crippen LogP contribution in [0.3, 0.4) is 0 Å². The topological polar surface area (TPSA) is 26.7 Å². The third kappa shape index (κ3) is 5.01. The number of likely N-dealkylation sites (tertiary alicyclic amines) is 2. The summed E-state index contributed by atoms with van der Waals surface area (Å²) in [7, 11) is 0. The lowest BCUT2D eigenvalue weighted by molar-refractivity contribution is 0.0682. The van der Waals surface area contributed by atoms with Crippen molar-refractivity contribution < 1.29 is 9.50 Å². The van der Waals surface area contributed by atoms with Crippen LogP contribution in [0.25, 0.3) is 0 Å². The van der Waals surface area contributed by atoms with E-state index >= 15 is 0 Å². The monoisotopic (exact) mass is 334 g/mol. The lowest BCUT2D eigenvalue weighted by atomic mass is 9.94. The van der Waals surface area contributed by atoms with Crippen molar-refractivity contribution in [3.8, 4) is 0 Å². The van der Waals surface area contributed by atoms with Gasteiger partial charge in [-0.2, -0.15) is 0 Å². The van der Waals surface area contributed by atoms with Gasteiger partial charge in [0.1, 0.15) is 5.82 Å². The van der Waals surface area contributed by atoms with E-state index in [-0.39, 0.29) is 5.82 Å². The van der Waals surface area contributed by atoms with Gasteiger partial charge in [0.25, 0.3) is 0 Å². The Morgan fingerprint density at radius 2 is 1.79 bits per heavy atom. The summed E-state index contributed by atoms with van der Waals surface area (Å²) in [6.45, 7) is 8.84. The van der Waals surface area contributed by atoms with Crippen molar-refractivity contribution in [3.05, 3.63) is 35.6 Å². The summed E-state index contributed by atoms with van der Waals surface area (Å²) in [5, 5.41) is 10.4. The quantitative estimate of drug-likeness (QED) is 0.895. The molecular weight excluding hydrogens is 303 g/mol. The van der Waals surface area contributed by atoms with Gasteiger partial charge in [-0.15, -0.1) is 0 Å². The van der Waals surface area contributed by atoms with Crippen molar-refractivity contribution in [2.45, 2.75) is 38.7 Å². The van der Waals surface area contributed by atoms with Gasteiger partial charge in [0.15, 0.2) is 0 Å². The minimum atomic E-state index is -0.528. The van der Waals surface area contributed by atoms with E-state index in [0.717, 1.165) is 24.6 Å². The lowest BCUT2D eigenvalue weighted by Crippen LogP contribution is -2.44. The van der Waals surface area contributed by atoms with Crippen LogP contribution in [0, 0.1) is 17.7 Å². The first-order valence-corrected chi connectivity index (χ1v) is 9.48. The van der Waals surface area contributed by atoms with Crippen LogP contribution in [0.1, 0.15) is 44.3 Å². The molecule has 0 spiro atoms. The Hall–Kier alpha value is -0.970. The van der Waals surface area contributed by atoms with Crippen LogP contribution in [0.2, 0.25) is 0 Å². The van der Waals surface area contributed by atoms with E-state index in [4.69, 9.17) is 0 Å². The molecule has 3 nitrogen and oxygen atoms in total. The highest BCUT2D eigenvalue weighted by atomic mass is 19.1. The first-order valence-electron chi connectivity index (χ1n) is 9.48. The van der Waals surface area contributed by atoms with Gasteiger partial charge in [-0.05, 0) is 74.8 Å². The van der Waals surface area contributed by atoms with Crippen LogP contribution in [0.15, 0.2) is 24.3 Å². The molecule has 2 heterocycles. The number of rotatable bonds is 5. The fraction of sp³-hybridized carbons (Fsp3) is 0.700. The maximum atomic E-state index is 13.0. The fourth-order valence-corrected chi connectivity index (χ4v) is 4.11. The van der Waals surface area contributed by atoms with Gasteiger partial charge < -0.3 is 14.9 Å². The summed E-state index contributed by atoms with van der Waals surface area (Å²) >= 11 is 0. The first kappa shape index (κ1) is 17.8. The maximum Gasteiger partial charge on any atom is 0.123 e. The number of aliphatic hydroxyl groups excluding tert-OH is 1. The molecule has 0 bridgehead atoms. The molecule has 2 aliphatic rings. The second kappa shape index (κ2) is 8.41. The second-order valence-electron chi connectivity index (χ2n) is 7.82. The largest absolute Gasteiger partial charge is 0.387 e. The highest BCUT2D eigenvalue weighted by Gasteiger charge is 2.25. The molecular formula is C20H31FN2O. The zero-order valence-electron chi connectivity index (χ0n) is 14.8. The molecule has 0 radical (unpaired) electrons. The van der Waals surface area contributed by atoms with Crippen molar-refractivity contribution in [1.82, 2.24) is 9.80 Å². The smallest absolute Gasteiger partial charge is 0.123 e. The predicted octanol–water partition coefficient (Wildman–Crippen LogP) is 3.30. The average molecular weight is 334 g/mol. The van der Waals surface area contributed by atoms with E-state index in [1.807, 2.05) is 0 Å². The molecule has 2 unspecified atom stereocenters. The van der Waals surface area contributed by atoms with Crippen LogP contribution < -0.4 is 0 Å².